The highest BCUT2D eigenvalue weighted by Crippen LogP contribution is 2.17. The van der Waals surface area contributed by atoms with Gasteiger partial charge in [0.15, 0.2) is 0 Å². The van der Waals surface area contributed by atoms with E-state index in [2.05, 4.69) is 50.4 Å². The number of allylic oxidation sites excluding steroid dienone is 14. The maximum Gasteiger partial charge on any atom is 0.306 e. The topological polar surface area (TPSA) is 95.9 Å². The Morgan fingerprint density at radius 1 is 0.508 bits per heavy atom. The van der Waals surface area contributed by atoms with Gasteiger partial charge in [0, 0.05) is 6.42 Å². The smallest absolute Gasteiger partial charge is 0.306 e. The lowest BCUT2D eigenvalue weighted by molar-refractivity contribution is -0.151. The number of hydrogen-bond acceptors (Lipinski definition) is 5. The zero-order chi connectivity index (χ0) is 43.1. The molecular formula is C53H91NO5. The van der Waals surface area contributed by atoms with Crippen LogP contribution in [0, 0.1) is 0 Å². The molecule has 0 aromatic carbocycles. The minimum atomic E-state index is -0.812. The van der Waals surface area contributed by atoms with Gasteiger partial charge in [-0.05, 0) is 57.8 Å². The monoisotopic (exact) mass is 822 g/mol. The van der Waals surface area contributed by atoms with Crippen LogP contribution in [0.3, 0.4) is 0 Å². The molecule has 0 radical (unpaired) electrons. The van der Waals surface area contributed by atoms with Crippen molar-refractivity contribution < 1.29 is 24.5 Å². The zero-order valence-corrected chi connectivity index (χ0v) is 38.4. The van der Waals surface area contributed by atoms with Gasteiger partial charge in [-0.2, -0.15) is 0 Å². The van der Waals surface area contributed by atoms with Crippen LogP contribution in [0.2, 0.25) is 0 Å². The first kappa shape index (κ1) is 56.0. The number of hydrogen-bond donors (Lipinski definition) is 3. The second kappa shape index (κ2) is 46.1. The van der Waals surface area contributed by atoms with Crippen LogP contribution in [0.4, 0.5) is 0 Å². The number of aliphatic hydroxyl groups is 2. The molecule has 0 aliphatic rings. The third-order valence-corrected chi connectivity index (χ3v) is 10.6. The van der Waals surface area contributed by atoms with Crippen molar-refractivity contribution in [3.8, 4) is 0 Å². The summed E-state index contributed by atoms with van der Waals surface area (Å²) in [5, 5.41) is 23.7. The van der Waals surface area contributed by atoms with Gasteiger partial charge >= 0.3 is 5.97 Å². The molecule has 3 atom stereocenters. The first-order chi connectivity index (χ1) is 29.0. The predicted octanol–water partition coefficient (Wildman–Crippen LogP) is 14.4. The summed E-state index contributed by atoms with van der Waals surface area (Å²) in [6, 6.07) is -0.730. The molecule has 0 rings (SSSR count). The molecule has 3 unspecified atom stereocenters. The molecule has 0 aliphatic heterocycles. The quantitative estimate of drug-likeness (QED) is 0.0247. The molecular weight excluding hydrogens is 731 g/mol. The van der Waals surface area contributed by atoms with Crippen LogP contribution in [-0.4, -0.2) is 46.9 Å². The van der Waals surface area contributed by atoms with E-state index in [1.165, 1.54) is 89.9 Å². The Hall–Kier alpha value is -2.96. The summed E-state index contributed by atoms with van der Waals surface area (Å²) in [6.07, 6.45) is 59.3. The summed E-state index contributed by atoms with van der Waals surface area (Å²) in [6.45, 7) is 6.24. The summed E-state index contributed by atoms with van der Waals surface area (Å²) in [4.78, 5) is 26.0. The largest absolute Gasteiger partial charge is 0.462 e. The number of carbonyl (C=O) groups is 2. The van der Waals surface area contributed by atoms with Crippen molar-refractivity contribution in [3.05, 3.63) is 85.1 Å². The molecule has 3 N–H and O–H groups in total. The Kier molecular flexibility index (Phi) is 43.8. The van der Waals surface area contributed by atoms with Gasteiger partial charge in [-0.25, -0.2) is 0 Å². The van der Waals surface area contributed by atoms with Crippen molar-refractivity contribution in [2.45, 2.75) is 232 Å². The van der Waals surface area contributed by atoms with Crippen LogP contribution < -0.4 is 5.32 Å². The van der Waals surface area contributed by atoms with Gasteiger partial charge in [0.1, 0.15) is 6.10 Å². The third kappa shape index (κ3) is 41.6. The van der Waals surface area contributed by atoms with E-state index in [-0.39, 0.29) is 24.9 Å². The minimum Gasteiger partial charge on any atom is -0.462 e. The number of ether oxygens (including phenoxy) is 1. The Balaban J connectivity index is 4.70. The summed E-state index contributed by atoms with van der Waals surface area (Å²) in [5.41, 5.74) is 0. The van der Waals surface area contributed by atoms with Crippen LogP contribution in [-0.2, 0) is 14.3 Å². The lowest BCUT2D eigenvalue weighted by atomic mass is 10.0. The van der Waals surface area contributed by atoms with E-state index in [9.17, 15) is 19.8 Å². The fourth-order valence-electron chi connectivity index (χ4n) is 6.94. The Labute approximate surface area is 363 Å². The molecule has 0 spiro atoms. The number of aliphatic hydroxyl groups excluding tert-OH is 2. The second-order valence-electron chi connectivity index (χ2n) is 16.3. The molecule has 0 fully saturated rings. The molecule has 59 heavy (non-hydrogen) atoms. The number of rotatable bonds is 42. The first-order valence-electron chi connectivity index (χ1n) is 24.4. The van der Waals surface area contributed by atoms with Gasteiger partial charge in [0.05, 0.1) is 25.2 Å². The van der Waals surface area contributed by atoms with Crippen molar-refractivity contribution in [1.29, 1.82) is 0 Å². The molecule has 338 valence electrons. The van der Waals surface area contributed by atoms with E-state index in [4.69, 9.17) is 4.74 Å². The molecule has 0 bridgehead atoms. The van der Waals surface area contributed by atoms with Gasteiger partial charge in [0.2, 0.25) is 5.91 Å². The normalized spacial score (nSPS) is 14.1. The van der Waals surface area contributed by atoms with Gasteiger partial charge in [-0.1, -0.05) is 228 Å². The maximum atomic E-state index is 13.2. The fraction of sp³-hybridized carbons (Fsp3) is 0.698. The van der Waals surface area contributed by atoms with E-state index in [0.29, 0.717) is 19.3 Å². The molecule has 0 heterocycles. The minimum absolute atomic E-state index is 0.0193. The Bertz CT molecular complexity index is 1150. The highest BCUT2D eigenvalue weighted by molar-refractivity contribution is 5.77. The van der Waals surface area contributed by atoms with Crippen LogP contribution in [0.15, 0.2) is 85.1 Å². The number of unbranched alkanes of at least 4 members (excludes halogenated alkanes) is 21. The summed E-state index contributed by atoms with van der Waals surface area (Å²) >= 11 is 0. The number of nitrogens with one attached hydrogen (secondary N) is 1. The number of carbonyl (C=O) groups excluding carboxylic acids is 2. The van der Waals surface area contributed by atoms with E-state index in [0.717, 1.165) is 77.0 Å². The SMILES string of the molecule is CC\C=C/C=C/C=C/C=C\C=C\C=C\CCCC(CC(=O)NC(CO)C(O)CCCCCCCCCCCCCCCCC)OC(=O)CCCCCCC/C=C\CCC. The first-order valence-corrected chi connectivity index (χ1v) is 24.4. The molecule has 0 saturated heterocycles. The highest BCUT2D eigenvalue weighted by Gasteiger charge is 2.24. The molecule has 6 nitrogen and oxygen atoms in total. The van der Waals surface area contributed by atoms with Crippen LogP contribution in [0.5, 0.6) is 0 Å². The summed E-state index contributed by atoms with van der Waals surface area (Å²) in [5.74, 6) is -0.568. The van der Waals surface area contributed by atoms with Crippen molar-refractivity contribution in [2.75, 3.05) is 6.61 Å². The van der Waals surface area contributed by atoms with E-state index in [1.807, 2.05) is 60.8 Å². The van der Waals surface area contributed by atoms with Crippen LogP contribution >= 0.6 is 0 Å². The van der Waals surface area contributed by atoms with E-state index >= 15 is 0 Å². The van der Waals surface area contributed by atoms with E-state index < -0.39 is 18.2 Å². The van der Waals surface area contributed by atoms with Gasteiger partial charge in [-0.3, -0.25) is 9.59 Å². The number of esters is 1. The fourth-order valence-corrected chi connectivity index (χ4v) is 6.94. The average Bonchev–Trinajstić information content (AvgIpc) is 3.23. The maximum absolute atomic E-state index is 13.2. The van der Waals surface area contributed by atoms with Gasteiger partial charge in [-0.15, -0.1) is 0 Å². The molecule has 0 aliphatic carbocycles. The summed E-state index contributed by atoms with van der Waals surface area (Å²) < 4.78 is 5.86. The second-order valence-corrected chi connectivity index (χ2v) is 16.3. The van der Waals surface area contributed by atoms with Crippen LogP contribution in [0.25, 0.3) is 0 Å². The average molecular weight is 822 g/mol. The van der Waals surface area contributed by atoms with Crippen molar-refractivity contribution in [1.82, 2.24) is 5.32 Å². The van der Waals surface area contributed by atoms with Crippen LogP contribution in [0.1, 0.15) is 213 Å². The van der Waals surface area contributed by atoms with Gasteiger partial charge in [0.25, 0.3) is 0 Å². The Morgan fingerprint density at radius 2 is 0.983 bits per heavy atom. The number of amides is 1. The van der Waals surface area contributed by atoms with Gasteiger partial charge < -0.3 is 20.3 Å². The Morgan fingerprint density at radius 3 is 1.53 bits per heavy atom. The summed E-state index contributed by atoms with van der Waals surface area (Å²) in [7, 11) is 0. The standard InChI is InChI=1S/C53H91NO5/c1-4-7-10-13-16-19-22-24-26-28-30-32-35-38-41-44-49(59-53(58)46-43-40-37-34-21-18-15-12-9-6-3)47-52(57)54-50(48-55)51(56)45-42-39-36-33-31-29-27-25-23-20-17-14-11-8-5-2/h7,10,12-13,15-16,19,22,24,26,28,30,32,35,49-51,55-56H,4-6,8-9,11,14,17-18,20-21,23,25,27,29,31,33-34,36-48H2,1-3H3,(H,54,57)/b10-7-,15-12-,16-13+,22-19+,26-24-,30-28+,35-32+. The molecule has 1 amide bonds. The molecule has 0 aromatic rings. The lowest BCUT2D eigenvalue weighted by Gasteiger charge is -2.24. The van der Waals surface area contributed by atoms with Crippen molar-refractivity contribution in [2.24, 2.45) is 0 Å². The molecule has 6 heteroatoms. The highest BCUT2D eigenvalue weighted by atomic mass is 16.5. The predicted molar refractivity (Wildman–Crippen MR) is 254 cm³/mol. The van der Waals surface area contributed by atoms with Crippen molar-refractivity contribution in [3.63, 3.8) is 0 Å². The molecule has 0 aromatic heterocycles. The molecule has 0 saturated carbocycles. The zero-order valence-electron chi connectivity index (χ0n) is 38.4. The van der Waals surface area contributed by atoms with Crippen molar-refractivity contribution >= 4 is 11.9 Å². The van der Waals surface area contributed by atoms with E-state index in [1.54, 1.807) is 0 Å². The lowest BCUT2D eigenvalue weighted by Crippen LogP contribution is -2.46. The third-order valence-electron chi connectivity index (χ3n) is 10.6.